The van der Waals surface area contributed by atoms with Crippen molar-refractivity contribution in [3.63, 3.8) is 0 Å². The minimum atomic E-state index is -1.81. The van der Waals surface area contributed by atoms with Crippen LogP contribution in [0.15, 0.2) is 0 Å². The van der Waals surface area contributed by atoms with E-state index in [9.17, 15) is 9.59 Å². The molecule has 0 heterocycles. The Morgan fingerprint density at radius 1 is 1.11 bits per heavy atom. The van der Waals surface area contributed by atoms with E-state index in [4.69, 9.17) is 10.2 Å². The third kappa shape index (κ3) is 20.4. The predicted octanol–water partition coefficient (Wildman–Crippen LogP) is -0.304. The molecule has 0 aromatic rings. The highest BCUT2D eigenvalue weighted by Gasteiger charge is 2.01. The number of ether oxygens (including phenoxy) is 1. The Hall–Kier alpha value is -1.34. The van der Waals surface area contributed by atoms with E-state index in [0.717, 1.165) is 0 Å². The van der Waals surface area contributed by atoms with Crippen molar-refractivity contribution in [2.75, 3.05) is 0 Å². The molecule has 0 saturated heterocycles. The van der Waals surface area contributed by atoms with Crippen LogP contribution in [-0.2, 0) is 4.74 Å². The molecule has 0 atom stereocenters. The maximum atomic E-state index is 9.21. The standard InChI is InChI=1S/C2H2O5.H3N.H2O/c3-1(4)7-2(5)6;;/h(H,3,4)(H,5,6);1H3;1H2. The minimum absolute atomic E-state index is 0. The molecule has 0 fully saturated rings. The third-order valence-electron chi connectivity index (χ3n) is 0.175. The van der Waals surface area contributed by atoms with Crippen LogP contribution >= 0.6 is 0 Å². The lowest BCUT2D eigenvalue weighted by molar-refractivity contribution is 0.0802. The van der Waals surface area contributed by atoms with Gasteiger partial charge in [0.15, 0.2) is 0 Å². The number of carboxylic acid groups (broad SMARTS) is 2. The second-order valence-electron chi connectivity index (χ2n) is 0.634. The maximum absolute atomic E-state index is 9.21. The van der Waals surface area contributed by atoms with Gasteiger partial charge in [-0.05, 0) is 0 Å². The summed E-state index contributed by atoms with van der Waals surface area (Å²) in [6.45, 7) is 0. The lowest BCUT2D eigenvalue weighted by Crippen LogP contribution is -2.05. The molecule has 0 amide bonds. The van der Waals surface area contributed by atoms with E-state index in [0.29, 0.717) is 0 Å². The highest BCUT2D eigenvalue weighted by atomic mass is 16.7. The van der Waals surface area contributed by atoms with E-state index in [1.807, 2.05) is 0 Å². The molecule has 0 unspecified atom stereocenters. The van der Waals surface area contributed by atoms with Crippen LogP contribution in [0.4, 0.5) is 9.59 Å². The van der Waals surface area contributed by atoms with Crippen molar-refractivity contribution in [2.24, 2.45) is 0 Å². The summed E-state index contributed by atoms with van der Waals surface area (Å²) >= 11 is 0. The molecule has 7 heteroatoms. The van der Waals surface area contributed by atoms with E-state index in [2.05, 4.69) is 4.74 Å². The smallest absolute Gasteiger partial charge is 0.449 e. The molecular formula is C2H7NO6. The topological polar surface area (TPSA) is 150 Å². The molecule has 0 aromatic carbocycles. The Morgan fingerprint density at radius 3 is 1.33 bits per heavy atom. The summed E-state index contributed by atoms with van der Waals surface area (Å²) in [6, 6.07) is 0. The average molecular weight is 141 g/mol. The largest absolute Gasteiger partial charge is 0.516 e. The van der Waals surface area contributed by atoms with E-state index in [1.54, 1.807) is 0 Å². The Kier molecular flexibility index (Phi) is 11.6. The van der Waals surface area contributed by atoms with Gasteiger partial charge in [-0.2, -0.15) is 0 Å². The van der Waals surface area contributed by atoms with Crippen LogP contribution in [0.5, 0.6) is 0 Å². The predicted molar refractivity (Wildman–Crippen MR) is 25.8 cm³/mol. The maximum Gasteiger partial charge on any atom is 0.516 e. The van der Waals surface area contributed by atoms with E-state index < -0.39 is 12.3 Å². The molecule has 0 bridgehead atoms. The second-order valence-corrected chi connectivity index (χ2v) is 0.634. The number of hydrogen-bond acceptors (Lipinski definition) is 4. The molecule has 0 aliphatic rings. The first-order chi connectivity index (χ1) is 3.13. The lowest BCUT2D eigenvalue weighted by Gasteiger charge is -1.84. The zero-order valence-electron chi connectivity index (χ0n) is 4.33. The Labute approximate surface area is 49.7 Å². The molecule has 0 spiro atoms. The molecule has 9 heavy (non-hydrogen) atoms. The molecule has 0 radical (unpaired) electrons. The summed E-state index contributed by atoms with van der Waals surface area (Å²) in [7, 11) is 0. The fourth-order valence-electron chi connectivity index (χ4n) is 0.0747. The van der Waals surface area contributed by atoms with Gasteiger partial charge in [0.05, 0.1) is 0 Å². The average Bonchev–Trinajstić information content (AvgIpc) is 1.27. The third-order valence-corrected chi connectivity index (χ3v) is 0.175. The van der Waals surface area contributed by atoms with Crippen LogP contribution in [0.2, 0.25) is 0 Å². The minimum Gasteiger partial charge on any atom is -0.449 e. The fourth-order valence-corrected chi connectivity index (χ4v) is 0.0747. The monoisotopic (exact) mass is 141 g/mol. The van der Waals surface area contributed by atoms with Crippen molar-refractivity contribution in [1.82, 2.24) is 6.15 Å². The van der Waals surface area contributed by atoms with E-state index >= 15 is 0 Å². The van der Waals surface area contributed by atoms with Crippen molar-refractivity contribution in [1.29, 1.82) is 0 Å². The summed E-state index contributed by atoms with van der Waals surface area (Å²) in [6.07, 6.45) is -3.62. The van der Waals surface area contributed by atoms with Gasteiger partial charge in [-0.1, -0.05) is 0 Å². The first kappa shape index (κ1) is 15.6. The molecule has 0 aromatic heterocycles. The van der Waals surface area contributed by atoms with Crippen molar-refractivity contribution in [2.45, 2.75) is 0 Å². The molecule has 7 N–H and O–H groups in total. The highest BCUT2D eigenvalue weighted by Crippen LogP contribution is 1.73. The van der Waals surface area contributed by atoms with Crippen LogP contribution in [0.1, 0.15) is 0 Å². The first-order valence-electron chi connectivity index (χ1n) is 1.26. The van der Waals surface area contributed by atoms with Crippen molar-refractivity contribution in [3.8, 4) is 0 Å². The van der Waals surface area contributed by atoms with E-state index in [-0.39, 0.29) is 11.6 Å². The van der Waals surface area contributed by atoms with Gasteiger partial charge in [0, 0.05) is 0 Å². The highest BCUT2D eigenvalue weighted by molar-refractivity contribution is 5.74. The number of carbonyl (C=O) groups is 2. The van der Waals surface area contributed by atoms with Gasteiger partial charge in [0.25, 0.3) is 0 Å². The second kappa shape index (κ2) is 6.66. The molecule has 7 nitrogen and oxygen atoms in total. The Morgan fingerprint density at radius 2 is 1.33 bits per heavy atom. The van der Waals surface area contributed by atoms with Crippen molar-refractivity contribution in [3.05, 3.63) is 0 Å². The van der Waals surface area contributed by atoms with Gasteiger partial charge in [0.1, 0.15) is 0 Å². The molecule has 56 valence electrons. The Bertz CT molecular complexity index is 87.2. The molecule has 0 saturated carbocycles. The van der Waals surface area contributed by atoms with Gasteiger partial charge in [0.2, 0.25) is 0 Å². The zero-order chi connectivity index (χ0) is 5.86. The Balaban J connectivity index is -0.000000180. The van der Waals surface area contributed by atoms with Gasteiger partial charge in [-0.3, -0.25) is 0 Å². The normalized spacial score (nSPS) is 5.78. The summed E-state index contributed by atoms with van der Waals surface area (Å²) < 4.78 is 3.08. The van der Waals surface area contributed by atoms with Gasteiger partial charge in [-0.25, -0.2) is 9.59 Å². The summed E-state index contributed by atoms with van der Waals surface area (Å²) in [5.41, 5.74) is 0. The first-order valence-corrected chi connectivity index (χ1v) is 1.26. The van der Waals surface area contributed by atoms with Gasteiger partial charge < -0.3 is 26.6 Å². The fraction of sp³-hybridized carbons (Fsp3) is 0. The van der Waals surface area contributed by atoms with Crippen LogP contribution in [0.3, 0.4) is 0 Å². The number of rotatable bonds is 0. The van der Waals surface area contributed by atoms with Crippen LogP contribution in [0.25, 0.3) is 0 Å². The van der Waals surface area contributed by atoms with Gasteiger partial charge >= 0.3 is 12.3 Å². The van der Waals surface area contributed by atoms with Crippen molar-refractivity contribution < 1.29 is 30.0 Å². The molecule has 0 aliphatic carbocycles. The summed E-state index contributed by atoms with van der Waals surface area (Å²) in [5.74, 6) is 0. The van der Waals surface area contributed by atoms with Crippen LogP contribution in [-0.4, -0.2) is 28.0 Å². The van der Waals surface area contributed by atoms with E-state index in [1.165, 1.54) is 0 Å². The van der Waals surface area contributed by atoms with Crippen molar-refractivity contribution >= 4 is 12.3 Å². The van der Waals surface area contributed by atoms with Crippen LogP contribution < -0.4 is 6.15 Å². The summed E-state index contributed by atoms with van der Waals surface area (Å²) in [4.78, 5) is 18.4. The summed E-state index contributed by atoms with van der Waals surface area (Å²) in [5, 5.41) is 15.0. The number of hydrogen-bond donors (Lipinski definition) is 3. The lowest BCUT2D eigenvalue weighted by atomic mass is 11.3. The molecule has 0 rings (SSSR count). The van der Waals surface area contributed by atoms with Crippen LogP contribution in [0, 0.1) is 0 Å². The molecular weight excluding hydrogens is 134 g/mol. The quantitative estimate of drug-likeness (QED) is 0.311. The molecule has 0 aliphatic heterocycles. The van der Waals surface area contributed by atoms with Gasteiger partial charge in [-0.15, -0.1) is 0 Å². The SMILES string of the molecule is N.O.O=C(O)OC(=O)O. The zero-order valence-corrected chi connectivity index (χ0v) is 4.33.